The zero-order valence-electron chi connectivity index (χ0n) is 12.9. The summed E-state index contributed by atoms with van der Waals surface area (Å²) in [4.78, 5) is 34.5. The van der Waals surface area contributed by atoms with Crippen molar-refractivity contribution in [2.75, 3.05) is 6.54 Å². The summed E-state index contributed by atoms with van der Waals surface area (Å²) < 4.78 is 0. The highest BCUT2D eigenvalue weighted by Gasteiger charge is 2.25. The van der Waals surface area contributed by atoms with Crippen molar-refractivity contribution in [3.05, 3.63) is 0 Å². The molecule has 0 rings (SSSR count). The lowest BCUT2D eigenvalue weighted by Gasteiger charge is -2.20. The van der Waals surface area contributed by atoms with Gasteiger partial charge < -0.3 is 16.8 Å². The number of ketones is 1. The van der Waals surface area contributed by atoms with E-state index in [9.17, 15) is 14.4 Å². The number of amides is 2. The SMILES string of the molecule is CC(=O)N[C@@H](CCN)C(=O)C[C@@H](CC(C)C)C(N)=O.S.S. The van der Waals surface area contributed by atoms with Crippen molar-refractivity contribution in [2.24, 2.45) is 23.3 Å². The minimum atomic E-state index is -0.628. The number of hydrogen-bond donors (Lipinski definition) is 3. The van der Waals surface area contributed by atoms with E-state index in [1.54, 1.807) is 0 Å². The Morgan fingerprint density at radius 3 is 2.00 bits per heavy atom. The summed E-state index contributed by atoms with van der Waals surface area (Å²) in [5.74, 6) is -1.16. The Morgan fingerprint density at radius 1 is 1.14 bits per heavy atom. The lowest BCUT2D eigenvalue weighted by molar-refractivity contribution is -0.130. The number of Topliss-reactive ketones (excluding diaryl/α,β-unsaturated/α-hetero) is 1. The maximum Gasteiger partial charge on any atom is 0.220 e. The average molecular weight is 340 g/mol. The summed E-state index contributed by atoms with van der Waals surface area (Å²) in [6.45, 7) is 5.57. The van der Waals surface area contributed by atoms with Crippen LogP contribution in [0, 0.1) is 11.8 Å². The van der Waals surface area contributed by atoms with Gasteiger partial charge in [0.15, 0.2) is 5.78 Å². The van der Waals surface area contributed by atoms with Crippen LogP contribution in [0.5, 0.6) is 0 Å². The Labute approximate surface area is 140 Å². The number of rotatable bonds is 9. The molecule has 126 valence electrons. The van der Waals surface area contributed by atoms with Gasteiger partial charge in [0.1, 0.15) is 0 Å². The van der Waals surface area contributed by atoms with Gasteiger partial charge in [0.25, 0.3) is 0 Å². The Hall–Kier alpha value is -0.730. The number of nitrogens with two attached hydrogens (primary N) is 2. The van der Waals surface area contributed by atoms with Crippen LogP contribution in [-0.2, 0) is 14.4 Å². The van der Waals surface area contributed by atoms with E-state index in [4.69, 9.17) is 11.5 Å². The van der Waals surface area contributed by atoms with E-state index in [1.807, 2.05) is 13.8 Å². The normalized spacial score (nSPS) is 12.6. The fourth-order valence-corrected chi connectivity index (χ4v) is 1.98. The van der Waals surface area contributed by atoms with E-state index in [0.717, 1.165) is 0 Å². The van der Waals surface area contributed by atoms with Gasteiger partial charge in [0, 0.05) is 19.3 Å². The molecule has 2 atom stereocenters. The molecule has 21 heavy (non-hydrogen) atoms. The van der Waals surface area contributed by atoms with Gasteiger partial charge in [-0.15, -0.1) is 0 Å². The molecule has 0 aliphatic heterocycles. The molecule has 0 unspecified atom stereocenters. The lowest BCUT2D eigenvalue weighted by Crippen LogP contribution is -2.42. The molecule has 0 saturated heterocycles. The lowest BCUT2D eigenvalue weighted by atomic mass is 9.89. The molecular formula is C13H29N3O3S2. The molecule has 0 aliphatic carbocycles. The van der Waals surface area contributed by atoms with E-state index >= 15 is 0 Å². The van der Waals surface area contributed by atoms with Crippen molar-refractivity contribution >= 4 is 44.6 Å². The third-order valence-corrected chi connectivity index (χ3v) is 2.83. The highest BCUT2D eigenvalue weighted by molar-refractivity contribution is 7.59. The first-order valence-electron chi connectivity index (χ1n) is 6.57. The first-order valence-corrected chi connectivity index (χ1v) is 6.57. The molecule has 0 fully saturated rings. The standard InChI is InChI=1S/C13H25N3O3.2H2S/c1-8(2)6-10(13(15)19)7-12(18)11(4-5-14)16-9(3)17;;/h8,10-11H,4-7,14H2,1-3H3,(H2,15,19)(H,16,17);2*1H2/t10-,11+;;/m1../s1. The van der Waals surface area contributed by atoms with Crippen LogP contribution in [0.25, 0.3) is 0 Å². The van der Waals surface area contributed by atoms with Crippen molar-refractivity contribution in [1.29, 1.82) is 0 Å². The smallest absolute Gasteiger partial charge is 0.220 e. The van der Waals surface area contributed by atoms with Crippen LogP contribution in [-0.4, -0.2) is 30.2 Å². The summed E-state index contributed by atoms with van der Waals surface area (Å²) in [6, 6.07) is -0.628. The van der Waals surface area contributed by atoms with Crippen LogP contribution in [0.4, 0.5) is 0 Å². The first kappa shape index (κ1) is 25.2. The second-order valence-corrected chi connectivity index (χ2v) is 5.23. The second kappa shape index (κ2) is 13.0. The number of carbonyl (C=O) groups is 3. The minimum Gasteiger partial charge on any atom is -0.369 e. The highest BCUT2D eigenvalue weighted by atomic mass is 32.1. The molecule has 8 heteroatoms. The maximum atomic E-state index is 12.1. The van der Waals surface area contributed by atoms with Gasteiger partial charge in [-0.1, -0.05) is 13.8 Å². The van der Waals surface area contributed by atoms with Crippen LogP contribution in [0.2, 0.25) is 0 Å². The minimum absolute atomic E-state index is 0. The molecule has 0 aromatic carbocycles. The molecule has 0 bridgehead atoms. The molecule has 0 aromatic heterocycles. The first-order chi connectivity index (χ1) is 8.77. The molecular weight excluding hydrogens is 310 g/mol. The third-order valence-electron chi connectivity index (χ3n) is 2.83. The summed E-state index contributed by atoms with van der Waals surface area (Å²) in [7, 11) is 0. The molecule has 0 aromatic rings. The Bertz CT molecular complexity index is 339. The molecule has 0 spiro atoms. The zero-order valence-corrected chi connectivity index (χ0v) is 14.9. The molecule has 2 amide bonds. The van der Waals surface area contributed by atoms with Crippen molar-refractivity contribution < 1.29 is 14.4 Å². The molecule has 6 nitrogen and oxygen atoms in total. The van der Waals surface area contributed by atoms with Crippen LogP contribution in [0.3, 0.4) is 0 Å². The predicted molar refractivity (Wildman–Crippen MR) is 93.8 cm³/mol. The number of nitrogens with one attached hydrogen (secondary N) is 1. The summed E-state index contributed by atoms with van der Waals surface area (Å²) in [5.41, 5.74) is 10.7. The van der Waals surface area contributed by atoms with Crippen molar-refractivity contribution in [3.8, 4) is 0 Å². The van der Waals surface area contributed by atoms with E-state index in [1.165, 1.54) is 6.92 Å². The van der Waals surface area contributed by atoms with Crippen LogP contribution in [0.15, 0.2) is 0 Å². The second-order valence-electron chi connectivity index (χ2n) is 5.23. The van der Waals surface area contributed by atoms with Gasteiger partial charge >= 0.3 is 0 Å². The van der Waals surface area contributed by atoms with Crippen molar-refractivity contribution in [3.63, 3.8) is 0 Å². The molecule has 5 N–H and O–H groups in total. The van der Waals surface area contributed by atoms with E-state index in [-0.39, 0.29) is 51.0 Å². The van der Waals surface area contributed by atoms with Crippen LogP contribution in [0.1, 0.15) is 40.0 Å². The van der Waals surface area contributed by atoms with Gasteiger partial charge in [-0.25, -0.2) is 0 Å². The van der Waals surface area contributed by atoms with Crippen molar-refractivity contribution in [2.45, 2.75) is 46.1 Å². The van der Waals surface area contributed by atoms with Crippen molar-refractivity contribution in [1.82, 2.24) is 5.32 Å². The van der Waals surface area contributed by atoms with E-state index in [0.29, 0.717) is 19.4 Å². The topological polar surface area (TPSA) is 115 Å². The molecule has 0 saturated carbocycles. The number of carbonyl (C=O) groups excluding carboxylic acids is 3. The van der Waals surface area contributed by atoms with Crippen LogP contribution < -0.4 is 16.8 Å². The maximum absolute atomic E-state index is 12.1. The quantitative estimate of drug-likeness (QED) is 0.555. The Morgan fingerprint density at radius 2 is 1.67 bits per heavy atom. The van der Waals surface area contributed by atoms with E-state index < -0.39 is 17.9 Å². The third kappa shape index (κ3) is 11.6. The largest absolute Gasteiger partial charge is 0.369 e. The number of primary amides is 1. The van der Waals surface area contributed by atoms with Gasteiger partial charge in [0.2, 0.25) is 11.8 Å². The average Bonchev–Trinajstić information content (AvgIpc) is 2.26. The molecule has 0 radical (unpaired) electrons. The van der Waals surface area contributed by atoms with Gasteiger partial charge in [0.05, 0.1) is 6.04 Å². The van der Waals surface area contributed by atoms with Gasteiger partial charge in [-0.3, -0.25) is 14.4 Å². The zero-order chi connectivity index (χ0) is 15.0. The van der Waals surface area contributed by atoms with Crippen LogP contribution >= 0.6 is 27.0 Å². The Kier molecular flexibility index (Phi) is 15.6. The monoisotopic (exact) mass is 339 g/mol. The predicted octanol–water partition coefficient (Wildman–Crippen LogP) is 0.172. The van der Waals surface area contributed by atoms with E-state index in [2.05, 4.69) is 5.32 Å². The Balaban J connectivity index is -0.00000162. The highest BCUT2D eigenvalue weighted by Crippen LogP contribution is 2.16. The summed E-state index contributed by atoms with van der Waals surface area (Å²) in [6.07, 6.45) is 0.987. The fraction of sp³-hybridized carbons (Fsp3) is 0.769. The summed E-state index contributed by atoms with van der Waals surface area (Å²) >= 11 is 0. The number of hydrogen-bond acceptors (Lipinski definition) is 4. The summed E-state index contributed by atoms with van der Waals surface area (Å²) in [5, 5.41) is 2.56. The molecule has 0 heterocycles. The van der Waals surface area contributed by atoms with Gasteiger partial charge in [-0.2, -0.15) is 27.0 Å². The fourth-order valence-electron chi connectivity index (χ4n) is 1.98. The molecule has 0 aliphatic rings. The van der Waals surface area contributed by atoms with Gasteiger partial charge in [-0.05, 0) is 25.3 Å².